The van der Waals surface area contributed by atoms with E-state index in [2.05, 4.69) is 5.32 Å². The maximum absolute atomic E-state index is 12.0. The molecule has 0 saturated heterocycles. The molecule has 0 aromatic heterocycles. The molecule has 4 N–H and O–H groups in total. The van der Waals surface area contributed by atoms with E-state index in [0.717, 1.165) is 5.56 Å². The number of amides is 1. The molecule has 1 aliphatic heterocycles. The number of rotatable bonds is 6. The molecule has 0 spiro atoms. The number of hydrogen-bond donors (Lipinski definition) is 3. The van der Waals surface area contributed by atoms with Crippen LogP contribution in [0, 0.1) is 5.41 Å². The van der Waals surface area contributed by atoms with Crippen LogP contribution in [-0.2, 0) is 25.5 Å². The molecule has 0 saturated carbocycles. The van der Waals surface area contributed by atoms with Crippen LogP contribution in [0.5, 0.6) is 0 Å². The highest BCUT2D eigenvalue weighted by Gasteiger charge is 2.26. The summed E-state index contributed by atoms with van der Waals surface area (Å²) in [5.74, 6) is 0.0437. The average molecular weight is 291 g/mol. The number of carbonyl (C=O) groups is 1. The lowest BCUT2D eigenvalue weighted by Crippen LogP contribution is -2.37. The molecule has 112 valence electrons. The van der Waals surface area contributed by atoms with Crippen molar-refractivity contribution < 1.29 is 19.0 Å². The molecule has 0 aliphatic carbocycles. The molecule has 1 atom stereocenters. The van der Waals surface area contributed by atoms with Crippen LogP contribution in [0.1, 0.15) is 11.1 Å². The van der Waals surface area contributed by atoms with E-state index in [1.54, 1.807) is 24.3 Å². The summed E-state index contributed by atoms with van der Waals surface area (Å²) in [6.45, 7) is 0.431. The maximum atomic E-state index is 12.0. The zero-order chi connectivity index (χ0) is 15.2. The molecule has 2 rings (SSSR count). The number of nitrogens with one attached hydrogen (secondary N) is 2. The number of carbonyl (C=O) groups excluding carboxylic acids is 1. The van der Waals surface area contributed by atoms with Gasteiger partial charge in [0.25, 0.3) is 5.91 Å². The van der Waals surface area contributed by atoms with Gasteiger partial charge in [0, 0.05) is 19.2 Å². The molecular formula is C14H17N3O4. The fourth-order valence-electron chi connectivity index (χ4n) is 1.83. The number of methoxy groups -OCH3 is 1. The zero-order valence-corrected chi connectivity index (χ0v) is 11.6. The van der Waals surface area contributed by atoms with Crippen LogP contribution in [0.4, 0.5) is 0 Å². The predicted octanol–water partition coefficient (Wildman–Crippen LogP) is 0.448. The number of nitrogens with two attached hydrogens (primary N) is 1. The fraction of sp³-hybridized carbons (Fsp3) is 0.286. The second-order valence-electron chi connectivity index (χ2n) is 4.39. The Morgan fingerprint density at radius 2 is 2.19 bits per heavy atom. The molecule has 1 unspecified atom stereocenters. The van der Waals surface area contributed by atoms with E-state index in [9.17, 15) is 4.79 Å². The van der Waals surface area contributed by atoms with Crippen molar-refractivity contribution in [3.8, 4) is 0 Å². The smallest absolute Gasteiger partial charge is 0.257 e. The van der Waals surface area contributed by atoms with Gasteiger partial charge in [-0.1, -0.05) is 24.3 Å². The molecule has 1 heterocycles. The van der Waals surface area contributed by atoms with E-state index in [0.29, 0.717) is 17.9 Å². The predicted molar refractivity (Wildman–Crippen MR) is 75.2 cm³/mol. The third-order valence-corrected chi connectivity index (χ3v) is 2.96. The van der Waals surface area contributed by atoms with Gasteiger partial charge in [-0.3, -0.25) is 10.2 Å². The second-order valence-corrected chi connectivity index (χ2v) is 4.39. The molecule has 7 nitrogen and oxygen atoms in total. The highest BCUT2D eigenvalue weighted by Crippen LogP contribution is 2.14. The summed E-state index contributed by atoms with van der Waals surface area (Å²) in [7, 11) is 1.43. The molecule has 0 radical (unpaired) electrons. The molecule has 21 heavy (non-hydrogen) atoms. The Morgan fingerprint density at radius 3 is 2.71 bits per heavy atom. The Balaban J connectivity index is 1.92. The zero-order valence-electron chi connectivity index (χ0n) is 11.6. The van der Waals surface area contributed by atoms with Crippen molar-refractivity contribution in [2.24, 2.45) is 5.73 Å². The Labute approximate surface area is 122 Å². The van der Waals surface area contributed by atoms with E-state index in [4.69, 9.17) is 25.4 Å². The summed E-state index contributed by atoms with van der Waals surface area (Å²) >= 11 is 0. The molecule has 7 heteroatoms. The average Bonchev–Trinajstić information content (AvgIpc) is 3.00. The third-order valence-electron chi connectivity index (χ3n) is 2.96. The van der Waals surface area contributed by atoms with Gasteiger partial charge in [-0.15, -0.1) is 0 Å². The number of nitrogen functional groups attached to an aromatic ring is 1. The fourth-order valence-corrected chi connectivity index (χ4v) is 1.83. The summed E-state index contributed by atoms with van der Waals surface area (Å²) in [4.78, 5) is 12.0. The molecule has 1 aromatic carbocycles. The summed E-state index contributed by atoms with van der Waals surface area (Å²) in [5, 5.41) is 10.1. The van der Waals surface area contributed by atoms with Crippen LogP contribution in [0.25, 0.3) is 0 Å². The van der Waals surface area contributed by atoms with Crippen LogP contribution in [0.15, 0.2) is 36.3 Å². The molecular weight excluding hydrogens is 274 g/mol. The van der Waals surface area contributed by atoms with E-state index in [-0.39, 0.29) is 18.5 Å². The van der Waals surface area contributed by atoms with Crippen molar-refractivity contribution in [1.29, 1.82) is 5.41 Å². The van der Waals surface area contributed by atoms with E-state index < -0.39 is 6.10 Å². The minimum atomic E-state index is -0.830. The summed E-state index contributed by atoms with van der Waals surface area (Å²) in [5.41, 5.74) is 6.91. The van der Waals surface area contributed by atoms with Gasteiger partial charge in [0.15, 0.2) is 11.9 Å². The molecule has 1 aromatic rings. The Morgan fingerprint density at radius 1 is 1.48 bits per heavy atom. The van der Waals surface area contributed by atoms with Crippen molar-refractivity contribution in [3.63, 3.8) is 0 Å². The van der Waals surface area contributed by atoms with Crippen LogP contribution in [-0.4, -0.2) is 31.7 Å². The van der Waals surface area contributed by atoms with Gasteiger partial charge in [-0.25, -0.2) is 0 Å². The highest BCUT2D eigenvalue weighted by atomic mass is 16.7. The third kappa shape index (κ3) is 3.73. The first-order chi connectivity index (χ1) is 10.1. The first-order valence-corrected chi connectivity index (χ1v) is 6.30. The van der Waals surface area contributed by atoms with Crippen molar-refractivity contribution in [1.82, 2.24) is 5.32 Å². The second kappa shape index (κ2) is 6.76. The number of benzene rings is 1. The van der Waals surface area contributed by atoms with Gasteiger partial charge in [-0.05, 0) is 5.56 Å². The van der Waals surface area contributed by atoms with Gasteiger partial charge in [0.05, 0.1) is 0 Å². The Hall–Kier alpha value is -2.54. The minimum absolute atomic E-state index is 0.00959. The molecule has 0 fully saturated rings. The molecule has 1 amide bonds. The standard InChI is InChI=1S/C14H17N3O4/c1-19-12(11-7-20-8-21-11)14(18)17-6-9-2-4-10(5-3-9)13(15)16/h2-5,7,12H,6,8H2,1H3,(H3,15,16)(H,17,18). The summed E-state index contributed by atoms with van der Waals surface area (Å²) < 4.78 is 15.2. The number of ether oxygens (including phenoxy) is 3. The van der Waals surface area contributed by atoms with E-state index >= 15 is 0 Å². The monoisotopic (exact) mass is 291 g/mol. The minimum Gasteiger partial charge on any atom is -0.461 e. The Bertz CT molecular complexity index is 554. The van der Waals surface area contributed by atoms with E-state index in [1.807, 2.05) is 0 Å². The van der Waals surface area contributed by atoms with Gasteiger partial charge in [-0.2, -0.15) is 0 Å². The highest BCUT2D eigenvalue weighted by molar-refractivity contribution is 5.94. The topological polar surface area (TPSA) is 107 Å². The van der Waals surface area contributed by atoms with Gasteiger partial charge < -0.3 is 25.3 Å². The lowest BCUT2D eigenvalue weighted by molar-refractivity contribution is -0.131. The van der Waals surface area contributed by atoms with Crippen molar-refractivity contribution >= 4 is 11.7 Å². The van der Waals surface area contributed by atoms with Crippen molar-refractivity contribution in [2.45, 2.75) is 12.6 Å². The van der Waals surface area contributed by atoms with Crippen molar-refractivity contribution in [2.75, 3.05) is 13.9 Å². The quantitative estimate of drug-likeness (QED) is 0.521. The molecule has 1 aliphatic rings. The molecule has 0 bridgehead atoms. The summed E-state index contributed by atoms with van der Waals surface area (Å²) in [6.07, 6.45) is 0.541. The normalized spacial score (nSPS) is 14.6. The van der Waals surface area contributed by atoms with Crippen LogP contribution in [0.3, 0.4) is 0 Å². The first kappa shape index (κ1) is 14.9. The Kier molecular flexibility index (Phi) is 4.78. The van der Waals surface area contributed by atoms with Crippen LogP contribution < -0.4 is 11.1 Å². The summed E-state index contributed by atoms with van der Waals surface area (Å²) in [6, 6.07) is 7.06. The lowest BCUT2D eigenvalue weighted by Gasteiger charge is -2.15. The SMILES string of the molecule is COC(C(=O)NCc1ccc(C(=N)N)cc1)C1=COCO1. The van der Waals surface area contributed by atoms with E-state index in [1.165, 1.54) is 13.4 Å². The van der Waals surface area contributed by atoms with Gasteiger partial charge in [0.2, 0.25) is 6.79 Å². The number of hydrogen-bond acceptors (Lipinski definition) is 5. The lowest BCUT2D eigenvalue weighted by atomic mass is 10.1. The van der Waals surface area contributed by atoms with Gasteiger partial charge in [0.1, 0.15) is 12.1 Å². The van der Waals surface area contributed by atoms with Crippen molar-refractivity contribution in [3.05, 3.63) is 47.4 Å². The van der Waals surface area contributed by atoms with Crippen LogP contribution in [0.2, 0.25) is 0 Å². The maximum Gasteiger partial charge on any atom is 0.257 e. The largest absolute Gasteiger partial charge is 0.461 e. The first-order valence-electron chi connectivity index (χ1n) is 6.30. The van der Waals surface area contributed by atoms with Crippen LogP contribution >= 0.6 is 0 Å². The van der Waals surface area contributed by atoms with Gasteiger partial charge >= 0.3 is 0 Å². The number of amidine groups is 1.